The standard InChI is InChI=1S/C16H20N2O2S/c1-4-18(15-11-7-5-9-13(15)2)21(19,20)16-12-8-6-10-14(16)17-3/h5-12,17H,4H2,1-3H3. The molecule has 2 aromatic rings. The summed E-state index contributed by atoms with van der Waals surface area (Å²) in [6.07, 6.45) is 0. The van der Waals surface area contributed by atoms with Crippen LogP contribution in [-0.4, -0.2) is 22.0 Å². The van der Waals surface area contributed by atoms with E-state index in [1.807, 2.05) is 44.2 Å². The van der Waals surface area contributed by atoms with Crippen molar-refractivity contribution >= 4 is 21.4 Å². The molecule has 112 valence electrons. The fourth-order valence-electron chi connectivity index (χ4n) is 2.33. The van der Waals surface area contributed by atoms with Crippen molar-refractivity contribution in [3.8, 4) is 0 Å². The Morgan fingerprint density at radius 1 is 1.05 bits per heavy atom. The summed E-state index contributed by atoms with van der Waals surface area (Å²) >= 11 is 0. The molecular formula is C16H20N2O2S. The Balaban J connectivity index is 2.58. The molecule has 0 bridgehead atoms. The van der Waals surface area contributed by atoms with Gasteiger partial charge in [0.25, 0.3) is 10.0 Å². The van der Waals surface area contributed by atoms with Crippen molar-refractivity contribution in [1.82, 2.24) is 0 Å². The predicted octanol–water partition coefficient (Wildman–Crippen LogP) is 3.25. The van der Waals surface area contributed by atoms with Gasteiger partial charge < -0.3 is 5.32 Å². The average Bonchev–Trinajstić information content (AvgIpc) is 2.49. The van der Waals surface area contributed by atoms with E-state index in [9.17, 15) is 8.42 Å². The van der Waals surface area contributed by atoms with Gasteiger partial charge in [-0.2, -0.15) is 0 Å². The van der Waals surface area contributed by atoms with Crippen molar-refractivity contribution < 1.29 is 8.42 Å². The molecule has 0 aromatic heterocycles. The van der Waals surface area contributed by atoms with Gasteiger partial charge in [-0.3, -0.25) is 4.31 Å². The highest BCUT2D eigenvalue weighted by atomic mass is 32.2. The molecule has 21 heavy (non-hydrogen) atoms. The monoisotopic (exact) mass is 304 g/mol. The molecule has 2 aromatic carbocycles. The Morgan fingerprint density at radius 3 is 2.29 bits per heavy atom. The van der Waals surface area contributed by atoms with Crippen LogP contribution >= 0.6 is 0 Å². The van der Waals surface area contributed by atoms with E-state index < -0.39 is 10.0 Å². The lowest BCUT2D eigenvalue weighted by Gasteiger charge is -2.25. The second-order valence-electron chi connectivity index (χ2n) is 4.70. The maximum absolute atomic E-state index is 13.0. The second-order valence-corrected chi connectivity index (χ2v) is 6.53. The first kappa shape index (κ1) is 15.4. The van der Waals surface area contributed by atoms with E-state index in [0.717, 1.165) is 5.56 Å². The number of aryl methyl sites for hydroxylation is 1. The highest BCUT2D eigenvalue weighted by Gasteiger charge is 2.26. The van der Waals surface area contributed by atoms with Crippen LogP contribution in [0.3, 0.4) is 0 Å². The lowest BCUT2D eigenvalue weighted by molar-refractivity contribution is 0.592. The van der Waals surface area contributed by atoms with Gasteiger partial charge in [-0.15, -0.1) is 0 Å². The molecule has 5 heteroatoms. The molecule has 1 N–H and O–H groups in total. The molecule has 0 aliphatic heterocycles. The molecule has 0 amide bonds. The predicted molar refractivity (Wildman–Crippen MR) is 87.4 cm³/mol. The topological polar surface area (TPSA) is 49.4 Å². The summed E-state index contributed by atoms with van der Waals surface area (Å²) in [6.45, 7) is 4.13. The van der Waals surface area contributed by atoms with Gasteiger partial charge >= 0.3 is 0 Å². The fraction of sp³-hybridized carbons (Fsp3) is 0.250. The lowest BCUT2D eigenvalue weighted by atomic mass is 10.2. The fourth-order valence-corrected chi connectivity index (χ4v) is 4.07. The van der Waals surface area contributed by atoms with E-state index in [1.165, 1.54) is 4.31 Å². The maximum atomic E-state index is 13.0. The molecule has 0 spiro atoms. The molecule has 0 aliphatic carbocycles. The third-order valence-corrected chi connectivity index (χ3v) is 5.34. The van der Waals surface area contributed by atoms with Crippen LogP contribution in [0.15, 0.2) is 53.4 Å². The van der Waals surface area contributed by atoms with Crippen LogP contribution in [0, 0.1) is 6.92 Å². The Labute approximate surface area is 126 Å². The third-order valence-electron chi connectivity index (χ3n) is 3.40. The number of anilines is 2. The molecule has 0 heterocycles. The Kier molecular flexibility index (Phi) is 4.53. The summed E-state index contributed by atoms with van der Waals surface area (Å²) in [6, 6.07) is 14.4. The van der Waals surface area contributed by atoms with Gasteiger partial charge in [0.05, 0.1) is 11.4 Å². The minimum absolute atomic E-state index is 0.289. The summed E-state index contributed by atoms with van der Waals surface area (Å²) in [5, 5.41) is 2.94. The quantitative estimate of drug-likeness (QED) is 0.922. The van der Waals surface area contributed by atoms with Gasteiger partial charge in [-0.25, -0.2) is 8.42 Å². The minimum atomic E-state index is -3.60. The number of rotatable bonds is 5. The molecule has 0 saturated heterocycles. The smallest absolute Gasteiger partial charge is 0.266 e. The summed E-state index contributed by atoms with van der Waals surface area (Å²) in [7, 11) is -1.88. The van der Waals surface area contributed by atoms with Gasteiger partial charge in [0, 0.05) is 13.6 Å². The lowest BCUT2D eigenvalue weighted by Crippen LogP contribution is -2.31. The van der Waals surface area contributed by atoms with E-state index in [1.54, 1.807) is 25.2 Å². The Morgan fingerprint density at radius 2 is 1.67 bits per heavy atom. The molecule has 0 radical (unpaired) electrons. The first-order valence-corrected chi connectivity index (χ1v) is 8.31. The first-order valence-electron chi connectivity index (χ1n) is 6.87. The van der Waals surface area contributed by atoms with Crippen molar-refractivity contribution in [1.29, 1.82) is 0 Å². The van der Waals surface area contributed by atoms with E-state index in [0.29, 0.717) is 17.9 Å². The summed E-state index contributed by atoms with van der Waals surface area (Å²) in [4.78, 5) is 0.289. The largest absolute Gasteiger partial charge is 0.387 e. The number of para-hydroxylation sites is 2. The summed E-state index contributed by atoms with van der Waals surface area (Å²) < 4.78 is 27.4. The number of hydrogen-bond donors (Lipinski definition) is 1. The van der Waals surface area contributed by atoms with E-state index in [-0.39, 0.29) is 4.90 Å². The zero-order chi connectivity index (χ0) is 15.5. The summed E-state index contributed by atoms with van der Waals surface area (Å²) in [5.74, 6) is 0. The maximum Gasteiger partial charge on any atom is 0.266 e. The molecule has 0 fully saturated rings. The Bertz CT molecular complexity index is 727. The third kappa shape index (κ3) is 2.88. The van der Waals surface area contributed by atoms with Gasteiger partial charge in [-0.1, -0.05) is 30.3 Å². The number of sulfonamides is 1. The van der Waals surface area contributed by atoms with Gasteiger partial charge in [0.2, 0.25) is 0 Å². The van der Waals surface area contributed by atoms with Crippen LogP contribution in [0.5, 0.6) is 0 Å². The van der Waals surface area contributed by atoms with Crippen molar-refractivity contribution in [2.24, 2.45) is 0 Å². The van der Waals surface area contributed by atoms with Crippen LogP contribution in [0.2, 0.25) is 0 Å². The van der Waals surface area contributed by atoms with Crippen LogP contribution in [0.1, 0.15) is 12.5 Å². The van der Waals surface area contributed by atoms with E-state index in [2.05, 4.69) is 5.32 Å². The van der Waals surface area contributed by atoms with Crippen molar-refractivity contribution in [2.75, 3.05) is 23.2 Å². The highest BCUT2D eigenvalue weighted by molar-refractivity contribution is 7.93. The zero-order valence-electron chi connectivity index (χ0n) is 12.5. The van der Waals surface area contributed by atoms with Crippen LogP contribution < -0.4 is 9.62 Å². The number of hydrogen-bond acceptors (Lipinski definition) is 3. The van der Waals surface area contributed by atoms with Crippen molar-refractivity contribution in [2.45, 2.75) is 18.7 Å². The van der Waals surface area contributed by atoms with Gasteiger partial charge in [0.1, 0.15) is 4.90 Å². The van der Waals surface area contributed by atoms with E-state index >= 15 is 0 Å². The molecule has 0 unspecified atom stereocenters. The molecule has 0 atom stereocenters. The molecule has 2 rings (SSSR count). The van der Waals surface area contributed by atoms with E-state index in [4.69, 9.17) is 0 Å². The van der Waals surface area contributed by atoms with Gasteiger partial charge in [0.15, 0.2) is 0 Å². The highest BCUT2D eigenvalue weighted by Crippen LogP contribution is 2.29. The van der Waals surface area contributed by atoms with Crippen LogP contribution in [0.4, 0.5) is 11.4 Å². The molecule has 0 saturated carbocycles. The number of nitrogens with zero attached hydrogens (tertiary/aromatic N) is 1. The van der Waals surface area contributed by atoms with Crippen LogP contribution in [0.25, 0.3) is 0 Å². The zero-order valence-corrected chi connectivity index (χ0v) is 13.3. The van der Waals surface area contributed by atoms with Crippen molar-refractivity contribution in [3.05, 3.63) is 54.1 Å². The van der Waals surface area contributed by atoms with Crippen molar-refractivity contribution in [3.63, 3.8) is 0 Å². The number of benzene rings is 2. The average molecular weight is 304 g/mol. The number of nitrogens with one attached hydrogen (secondary N) is 1. The minimum Gasteiger partial charge on any atom is -0.387 e. The van der Waals surface area contributed by atoms with Gasteiger partial charge in [-0.05, 0) is 37.6 Å². The summed E-state index contributed by atoms with van der Waals surface area (Å²) in [5.41, 5.74) is 2.25. The molecule has 4 nitrogen and oxygen atoms in total. The second kappa shape index (κ2) is 6.18. The van der Waals surface area contributed by atoms with Crippen LogP contribution in [-0.2, 0) is 10.0 Å². The Hall–Kier alpha value is -2.01. The normalized spacial score (nSPS) is 11.2. The molecule has 0 aliphatic rings. The SMILES string of the molecule is CCN(c1ccccc1C)S(=O)(=O)c1ccccc1NC. The molecular weight excluding hydrogens is 284 g/mol. The first-order chi connectivity index (χ1) is 10.0.